The minimum atomic E-state index is -1.05. The Hall–Kier alpha value is -2.57. The van der Waals surface area contributed by atoms with Gasteiger partial charge in [-0.15, -0.1) is 5.10 Å². The average Bonchev–Trinajstić information content (AvgIpc) is 2.45. The van der Waals surface area contributed by atoms with Crippen LogP contribution in [0.1, 0.15) is 19.8 Å². The highest BCUT2D eigenvalue weighted by Crippen LogP contribution is 2.11. The zero-order chi connectivity index (χ0) is 15.4. The van der Waals surface area contributed by atoms with Crippen molar-refractivity contribution in [2.24, 2.45) is 5.92 Å². The third-order valence-electron chi connectivity index (χ3n) is 3.20. The predicted molar refractivity (Wildman–Crippen MR) is 74.8 cm³/mol. The van der Waals surface area contributed by atoms with Gasteiger partial charge in [-0.05, 0) is 25.5 Å². The summed E-state index contributed by atoms with van der Waals surface area (Å²) in [4.78, 5) is 34.3. The molecule has 1 atom stereocenters. The normalized spacial score (nSPS) is 12.2. The zero-order valence-corrected chi connectivity index (χ0v) is 11.5. The number of aliphatic carboxylic acids is 1. The largest absolute Gasteiger partial charge is 0.481 e. The van der Waals surface area contributed by atoms with E-state index in [0.29, 0.717) is 10.9 Å². The van der Waals surface area contributed by atoms with Gasteiger partial charge in [0.15, 0.2) is 0 Å². The number of hydrogen-bond donors (Lipinski definition) is 1. The first-order valence-corrected chi connectivity index (χ1v) is 6.54. The molecule has 0 spiro atoms. The number of benzene rings is 1. The van der Waals surface area contributed by atoms with Crippen molar-refractivity contribution in [3.05, 3.63) is 34.6 Å². The minimum absolute atomic E-state index is 0.0505. The molecule has 0 aliphatic rings. The van der Waals surface area contributed by atoms with Crippen LogP contribution in [0, 0.1) is 5.92 Å². The highest BCUT2D eigenvalue weighted by molar-refractivity contribution is 5.82. The number of carboxylic acid groups (broad SMARTS) is 1. The zero-order valence-electron chi connectivity index (χ0n) is 11.5. The number of fused-ring (bicyclic) bond motifs is 1. The monoisotopic (exact) mass is 289 g/mol. The van der Waals surface area contributed by atoms with Crippen molar-refractivity contribution < 1.29 is 14.7 Å². The smallest absolute Gasteiger partial charge is 0.307 e. The van der Waals surface area contributed by atoms with Gasteiger partial charge >= 0.3 is 5.97 Å². The Morgan fingerprint density at radius 3 is 2.71 bits per heavy atom. The molecular formula is C14H15N3O4. The lowest BCUT2D eigenvalue weighted by Gasteiger charge is -2.10. The first-order chi connectivity index (χ1) is 9.99. The van der Waals surface area contributed by atoms with Crippen LogP contribution >= 0.6 is 0 Å². The number of aromatic nitrogens is 3. The fraction of sp³-hybridized carbons (Fsp3) is 0.357. The van der Waals surface area contributed by atoms with Crippen LogP contribution in [0.5, 0.6) is 0 Å². The van der Waals surface area contributed by atoms with E-state index in [4.69, 9.17) is 5.11 Å². The second-order valence-electron chi connectivity index (χ2n) is 4.86. The fourth-order valence-corrected chi connectivity index (χ4v) is 2.11. The fourth-order valence-electron chi connectivity index (χ4n) is 2.11. The van der Waals surface area contributed by atoms with Gasteiger partial charge in [0.2, 0.25) is 0 Å². The van der Waals surface area contributed by atoms with Gasteiger partial charge in [0.1, 0.15) is 11.3 Å². The minimum Gasteiger partial charge on any atom is -0.481 e. The first-order valence-electron chi connectivity index (χ1n) is 6.54. The number of hydrogen-bond acceptors (Lipinski definition) is 5. The number of carbonyl (C=O) groups is 2. The summed E-state index contributed by atoms with van der Waals surface area (Å²) >= 11 is 0. The molecule has 21 heavy (non-hydrogen) atoms. The summed E-state index contributed by atoms with van der Waals surface area (Å²) in [5.74, 6) is -2.06. The maximum atomic E-state index is 12.2. The van der Waals surface area contributed by atoms with Crippen molar-refractivity contribution in [1.29, 1.82) is 0 Å². The Kier molecular flexibility index (Phi) is 4.42. The summed E-state index contributed by atoms with van der Waals surface area (Å²) < 4.78 is 1.14. The number of aryl methyl sites for hydroxylation is 1. The van der Waals surface area contributed by atoms with Crippen LogP contribution in [0.3, 0.4) is 0 Å². The van der Waals surface area contributed by atoms with Crippen LogP contribution in [-0.4, -0.2) is 31.9 Å². The van der Waals surface area contributed by atoms with Gasteiger partial charge in [-0.3, -0.25) is 9.59 Å². The molecule has 1 aromatic heterocycles. The number of carbonyl (C=O) groups excluding carboxylic acids is 1. The number of rotatable bonds is 6. The molecule has 1 unspecified atom stereocenters. The SMILES string of the molecule is CC(=O)CC(CCn1nnc2ccccc2c1=O)C(=O)O. The molecule has 2 aromatic rings. The lowest BCUT2D eigenvalue weighted by molar-refractivity contribution is -0.143. The summed E-state index contributed by atoms with van der Waals surface area (Å²) in [5, 5.41) is 17.2. The lowest BCUT2D eigenvalue weighted by atomic mass is 9.99. The predicted octanol–water partition coefficient (Wildman–Crippen LogP) is 0.861. The van der Waals surface area contributed by atoms with Gasteiger partial charge in [-0.1, -0.05) is 17.3 Å². The molecular weight excluding hydrogens is 274 g/mol. The van der Waals surface area contributed by atoms with E-state index >= 15 is 0 Å². The summed E-state index contributed by atoms with van der Waals surface area (Å²) in [6.07, 6.45) is 0.104. The van der Waals surface area contributed by atoms with E-state index in [9.17, 15) is 14.4 Å². The summed E-state index contributed by atoms with van der Waals surface area (Å²) in [5.41, 5.74) is 0.185. The van der Waals surface area contributed by atoms with E-state index in [2.05, 4.69) is 10.3 Å². The van der Waals surface area contributed by atoms with Gasteiger partial charge in [-0.2, -0.15) is 0 Å². The molecule has 1 N–H and O–H groups in total. The van der Waals surface area contributed by atoms with Gasteiger partial charge in [-0.25, -0.2) is 4.68 Å². The Morgan fingerprint density at radius 2 is 2.05 bits per heavy atom. The van der Waals surface area contributed by atoms with E-state index in [1.54, 1.807) is 24.3 Å². The Labute approximate surface area is 120 Å². The van der Waals surface area contributed by atoms with Gasteiger partial charge in [0.25, 0.3) is 5.56 Å². The van der Waals surface area contributed by atoms with E-state index in [1.807, 2.05) is 0 Å². The van der Waals surface area contributed by atoms with Crippen molar-refractivity contribution in [2.75, 3.05) is 0 Å². The molecule has 0 radical (unpaired) electrons. The van der Waals surface area contributed by atoms with Crippen LogP contribution in [0.25, 0.3) is 10.9 Å². The van der Waals surface area contributed by atoms with Crippen LogP contribution in [0.2, 0.25) is 0 Å². The molecule has 2 rings (SSSR count). The van der Waals surface area contributed by atoms with Crippen molar-refractivity contribution in [3.63, 3.8) is 0 Å². The van der Waals surface area contributed by atoms with Crippen LogP contribution in [0.15, 0.2) is 29.1 Å². The molecule has 0 saturated heterocycles. The Bertz CT molecular complexity index is 738. The Balaban J connectivity index is 2.20. The van der Waals surface area contributed by atoms with Gasteiger partial charge < -0.3 is 9.90 Å². The van der Waals surface area contributed by atoms with Crippen LogP contribution in [-0.2, 0) is 16.1 Å². The first kappa shape index (κ1) is 14.8. The Morgan fingerprint density at radius 1 is 1.33 bits per heavy atom. The van der Waals surface area contributed by atoms with Gasteiger partial charge in [0, 0.05) is 13.0 Å². The number of carboxylic acids is 1. The highest BCUT2D eigenvalue weighted by atomic mass is 16.4. The molecule has 0 amide bonds. The molecule has 7 heteroatoms. The highest BCUT2D eigenvalue weighted by Gasteiger charge is 2.20. The quantitative estimate of drug-likeness (QED) is 0.846. The molecule has 0 bridgehead atoms. The maximum absolute atomic E-state index is 12.2. The van der Waals surface area contributed by atoms with Crippen LogP contribution in [0.4, 0.5) is 0 Å². The van der Waals surface area contributed by atoms with E-state index in [0.717, 1.165) is 4.68 Å². The molecule has 0 saturated carbocycles. The van der Waals surface area contributed by atoms with E-state index in [-0.39, 0.29) is 30.7 Å². The standard InChI is InChI=1S/C14H15N3O4/c1-9(18)8-10(14(20)21)6-7-17-13(19)11-4-2-3-5-12(11)15-16-17/h2-5,10H,6-8H2,1H3,(H,20,21). The molecule has 0 aliphatic heterocycles. The van der Waals surface area contributed by atoms with Crippen molar-refractivity contribution >= 4 is 22.7 Å². The lowest BCUT2D eigenvalue weighted by Crippen LogP contribution is -2.27. The topological polar surface area (TPSA) is 102 Å². The average molecular weight is 289 g/mol. The second kappa shape index (κ2) is 6.25. The third-order valence-corrected chi connectivity index (χ3v) is 3.20. The molecule has 7 nitrogen and oxygen atoms in total. The van der Waals surface area contributed by atoms with Gasteiger partial charge in [0.05, 0.1) is 11.3 Å². The van der Waals surface area contributed by atoms with E-state index < -0.39 is 11.9 Å². The molecule has 0 fully saturated rings. The van der Waals surface area contributed by atoms with Crippen LogP contribution < -0.4 is 5.56 Å². The number of Topliss-reactive ketones (excluding diaryl/α,β-unsaturated/α-hetero) is 1. The summed E-state index contributed by atoms with van der Waals surface area (Å²) in [6.45, 7) is 1.46. The van der Waals surface area contributed by atoms with Crippen molar-refractivity contribution in [1.82, 2.24) is 15.0 Å². The number of nitrogens with zero attached hydrogens (tertiary/aromatic N) is 3. The van der Waals surface area contributed by atoms with E-state index in [1.165, 1.54) is 6.92 Å². The molecule has 1 aromatic carbocycles. The molecule has 110 valence electrons. The molecule has 1 heterocycles. The second-order valence-corrected chi connectivity index (χ2v) is 4.86. The van der Waals surface area contributed by atoms with Crippen molar-refractivity contribution in [3.8, 4) is 0 Å². The maximum Gasteiger partial charge on any atom is 0.307 e. The molecule has 0 aliphatic carbocycles. The summed E-state index contributed by atoms with van der Waals surface area (Å²) in [7, 11) is 0. The third kappa shape index (κ3) is 3.50. The van der Waals surface area contributed by atoms with Crippen molar-refractivity contribution in [2.45, 2.75) is 26.3 Å². The summed E-state index contributed by atoms with van der Waals surface area (Å²) in [6, 6.07) is 6.82. The number of ketones is 1.